The number of aromatic nitrogens is 4. The summed E-state index contributed by atoms with van der Waals surface area (Å²) < 4.78 is 1.76. The van der Waals surface area contributed by atoms with Gasteiger partial charge in [-0.15, -0.1) is 0 Å². The number of aromatic amines is 1. The third-order valence-electron chi connectivity index (χ3n) is 6.27. The highest BCUT2D eigenvalue weighted by atomic mass is 16.3. The van der Waals surface area contributed by atoms with Crippen LogP contribution in [0.1, 0.15) is 62.2 Å². The second-order valence-corrected chi connectivity index (χ2v) is 10.6. The van der Waals surface area contributed by atoms with Crippen molar-refractivity contribution >= 4 is 16.6 Å². The number of aliphatic hydroxyl groups is 1. The summed E-state index contributed by atoms with van der Waals surface area (Å²) in [7, 11) is 0. The first-order chi connectivity index (χ1) is 16.0. The minimum absolute atomic E-state index is 0.00156. The Kier molecular flexibility index (Phi) is 6.50. The number of pyridine rings is 2. The van der Waals surface area contributed by atoms with Crippen molar-refractivity contribution < 1.29 is 5.11 Å². The van der Waals surface area contributed by atoms with Gasteiger partial charge in [-0.05, 0) is 76.8 Å². The van der Waals surface area contributed by atoms with E-state index in [0.29, 0.717) is 19.6 Å². The summed E-state index contributed by atoms with van der Waals surface area (Å²) in [5, 5.41) is 22.1. The first kappa shape index (κ1) is 24.3. The van der Waals surface area contributed by atoms with Gasteiger partial charge in [-0.1, -0.05) is 6.08 Å². The van der Waals surface area contributed by atoms with Gasteiger partial charge in [0.15, 0.2) is 5.65 Å². The fourth-order valence-corrected chi connectivity index (χ4v) is 5.18. The van der Waals surface area contributed by atoms with Crippen molar-refractivity contribution in [3.05, 3.63) is 62.8 Å². The summed E-state index contributed by atoms with van der Waals surface area (Å²) >= 11 is 0. The molecular weight excluding hydrogens is 428 g/mol. The predicted octanol–water partition coefficient (Wildman–Crippen LogP) is 2.95. The van der Waals surface area contributed by atoms with Crippen molar-refractivity contribution in [1.82, 2.24) is 30.4 Å². The van der Waals surface area contributed by atoms with Crippen LogP contribution in [-0.2, 0) is 19.6 Å². The minimum Gasteiger partial charge on any atom is -0.394 e. The van der Waals surface area contributed by atoms with Gasteiger partial charge in [-0.25, -0.2) is 9.67 Å². The quantitative estimate of drug-likeness (QED) is 0.428. The maximum absolute atomic E-state index is 12.4. The predicted molar refractivity (Wildman–Crippen MR) is 136 cm³/mol. The van der Waals surface area contributed by atoms with E-state index in [4.69, 9.17) is 4.98 Å². The highest BCUT2D eigenvalue weighted by Gasteiger charge is 2.33. The van der Waals surface area contributed by atoms with Crippen LogP contribution in [-0.4, -0.2) is 42.5 Å². The van der Waals surface area contributed by atoms with E-state index in [1.165, 1.54) is 5.57 Å². The third kappa shape index (κ3) is 5.14. The van der Waals surface area contributed by atoms with Crippen molar-refractivity contribution in [2.75, 3.05) is 6.61 Å². The largest absolute Gasteiger partial charge is 0.394 e. The standard InChI is InChI=1S/C26H36N6O2/c1-16-9-17(2)29-24(34)20(16)14-27-13-18-10-22(19-11-25(3,4)31-26(5,6)12-19)30-23-21(18)15-28-32(23)7-8-33/h9-11,15,27,31,33H,7-8,12-14H2,1-6H3,(H,29,34). The van der Waals surface area contributed by atoms with Crippen LogP contribution in [0.3, 0.4) is 0 Å². The molecule has 8 nitrogen and oxygen atoms in total. The Bertz CT molecular complexity index is 1300. The van der Waals surface area contributed by atoms with Gasteiger partial charge in [0.05, 0.1) is 25.0 Å². The number of hydrogen-bond acceptors (Lipinski definition) is 6. The van der Waals surface area contributed by atoms with Crippen LogP contribution in [0.25, 0.3) is 16.6 Å². The number of aliphatic hydroxyl groups excluding tert-OH is 1. The van der Waals surface area contributed by atoms with E-state index >= 15 is 0 Å². The minimum atomic E-state index is -0.151. The number of fused-ring (bicyclic) bond motifs is 1. The van der Waals surface area contributed by atoms with Gasteiger partial charge < -0.3 is 20.7 Å². The molecule has 0 amide bonds. The average Bonchev–Trinajstić information content (AvgIpc) is 3.11. The van der Waals surface area contributed by atoms with E-state index < -0.39 is 0 Å². The molecule has 0 saturated heterocycles. The van der Waals surface area contributed by atoms with E-state index in [-0.39, 0.29) is 23.2 Å². The molecule has 0 fully saturated rings. The summed E-state index contributed by atoms with van der Waals surface area (Å²) in [5.74, 6) is 0. The molecule has 8 heteroatoms. The van der Waals surface area contributed by atoms with Gasteiger partial charge in [-0.3, -0.25) is 4.79 Å². The summed E-state index contributed by atoms with van der Waals surface area (Å²) in [5.41, 5.74) is 6.29. The second-order valence-electron chi connectivity index (χ2n) is 10.6. The molecule has 4 heterocycles. The van der Waals surface area contributed by atoms with Gasteiger partial charge in [-0.2, -0.15) is 5.10 Å². The zero-order valence-corrected chi connectivity index (χ0v) is 21.0. The summed E-state index contributed by atoms with van der Waals surface area (Å²) in [6.07, 6.45) is 4.92. The van der Waals surface area contributed by atoms with Gasteiger partial charge in [0.25, 0.3) is 5.56 Å². The lowest BCUT2D eigenvalue weighted by Gasteiger charge is -2.41. The van der Waals surface area contributed by atoms with Crippen LogP contribution in [0.2, 0.25) is 0 Å². The average molecular weight is 465 g/mol. The maximum atomic E-state index is 12.4. The molecule has 0 unspecified atom stereocenters. The molecule has 3 aromatic heterocycles. The molecule has 0 saturated carbocycles. The number of hydrogen-bond donors (Lipinski definition) is 4. The Morgan fingerprint density at radius 2 is 1.94 bits per heavy atom. The van der Waals surface area contributed by atoms with Crippen molar-refractivity contribution in [1.29, 1.82) is 0 Å². The van der Waals surface area contributed by atoms with E-state index in [2.05, 4.69) is 60.6 Å². The van der Waals surface area contributed by atoms with Gasteiger partial charge >= 0.3 is 0 Å². The Balaban J connectivity index is 1.70. The zero-order valence-electron chi connectivity index (χ0n) is 21.0. The molecule has 3 aromatic rings. The highest BCUT2D eigenvalue weighted by Crippen LogP contribution is 2.34. The number of H-pyrrole nitrogens is 1. The zero-order chi connectivity index (χ0) is 24.7. The lowest BCUT2D eigenvalue weighted by molar-refractivity contribution is 0.271. The van der Waals surface area contributed by atoms with Crippen molar-refractivity contribution in [3.8, 4) is 0 Å². The van der Waals surface area contributed by atoms with Gasteiger partial charge in [0.2, 0.25) is 0 Å². The van der Waals surface area contributed by atoms with Crippen molar-refractivity contribution in [3.63, 3.8) is 0 Å². The van der Waals surface area contributed by atoms with Crippen LogP contribution >= 0.6 is 0 Å². The number of nitrogens with one attached hydrogen (secondary N) is 3. The van der Waals surface area contributed by atoms with E-state index in [0.717, 1.165) is 45.5 Å². The van der Waals surface area contributed by atoms with Crippen LogP contribution in [0.4, 0.5) is 0 Å². The second kappa shape index (κ2) is 9.09. The topological polar surface area (TPSA) is 108 Å². The van der Waals surface area contributed by atoms with Crippen molar-refractivity contribution in [2.45, 2.75) is 78.7 Å². The van der Waals surface area contributed by atoms with E-state index in [1.54, 1.807) is 4.68 Å². The molecule has 0 bridgehead atoms. The number of nitrogens with zero attached hydrogens (tertiary/aromatic N) is 3. The summed E-state index contributed by atoms with van der Waals surface area (Å²) in [6.45, 7) is 14.1. The fraction of sp³-hybridized carbons (Fsp3) is 0.500. The highest BCUT2D eigenvalue weighted by molar-refractivity contribution is 5.82. The monoisotopic (exact) mass is 464 g/mol. The first-order valence-corrected chi connectivity index (χ1v) is 11.9. The molecule has 0 spiro atoms. The molecule has 0 aliphatic carbocycles. The fourth-order valence-electron chi connectivity index (χ4n) is 5.18. The normalized spacial score (nSPS) is 17.2. The van der Waals surface area contributed by atoms with Crippen molar-refractivity contribution in [2.24, 2.45) is 0 Å². The third-order valence-corrected chi connectivity index (χ3v) is 6.27. The number of aryl methyl sites for hydroxylation is 2. The van der Waals surface area contributed by atoms with Gasteiger partial charge in [0, 0.05) is 40.8 Å². The van der Waals surface area contributed by atoms with Crippen LogP contribution in [0, 0.1) is 13.8 Å². The Morgan fingerprint density at radius 3 is 2.62 bits per heavy atom. The molecule has 182 valence electrons. The molecule has 1 aliphatic heterocycles. The molecule has 0 atom stereocenters. The smallest absolute Gasteiger partial charge is 0.252 e. The molecule has 0 radical (unpaired) electrons. The summed E-state index contributed by atoms with van der Waals surface area (Å²) in [4.78, 5) is 20.3. The maximum Gasteiger partial charge on any atom is 0.252 e. The van der Waals surface area contributed by atoms with E-state index in [1.807, 2.05) is 26.1 Å². The van der Waals surface area contributed by atoms with Crippen LogP contribution in [0.15, 0.2) is 29.2 Å². The number of rotatable bonds is 7. The van der Waals surface area contributed by atoms with Gasteiger partial charge in [0.1, 0.15) is 0 Å². The Morgan fingerprint density at radius 1 is 1.18 bits per heavy atom. The Labute approximate surface area is 200 Å². The van der Waals surface area contributed by atoms with E-state index in [9.17, 15) is 9.90 Å². The first-order valence-electron chi connectivity index (χ1n) is 11.9. The molecule has 34 heavy (non-hydrogen) atoms. The molecule has 4 rings (SSSR count). The lowest BCUT2D eigenvalue weighted by atomic mass is 9.82. The molecular formula is C26H36N6O2. The van der Waals surface area contributed by atoms with Crippen LogP contribution in [0.5, 0.6) is 0 Å². The molecule has 0 aromatic carbocycles. The summed E-state index contributed by atoms with van der Waals surface area (Å²) in [6, 6.07) is 4.13. The molecule has 4 N–H and O–H groups in total. The Hall–Kier alpha value is -2.81. The van der Waals surface area contributed by atoms with Crippen LogP contribution < -0.4 is 16.2 Å². The lowest BCUT2D eigenvalue weighted by Crippen LogP contribution is -2.53. The molecule has 1 aliphatic rings. The SMILES string of the molecule is Cc1cc(C)c(CNCc2cc(C3=CC(C)(C)NC(C)(C)C3)nc3c2cnn3CCO)c(=O)[nH]1.